The van der Waals surface area contributed by atoms with Gasteiger partial charge in [0.2, 0.25) is 0 Å². The van der Waals surface area contributed by atoms with E-state index in [4.69, 9.17) is 10.5 Å². The van der Waals surface area contributed by atoms with Crippen LogP contribution in [0.4, 0.5) is 5.69 Å². The van der Waals surface area contributed by atoms with Crippen molar-refractivity contribution in [3.63, 3.8) is 0 Å². The zero-order valence-corrected chi connectivity index (χ0v) is 20.5. The van der Waals surface area contributed by atoms with E-state index in [0.717, 1.165) is 31.6 Å². The van der Waals surface area contributed by atoms with Gasteiger partial charge in [0, 0.05) is 39.0 Å². The molecule has 0 saturated carbocycles. The number of methoxy groups -OCH3 is 1. The number of nitrogens with one attached hydrogen (secondary N) is 2. The lowest BCUT2D eigenvalue weighted by atomic mass is 10.1. The fraction of sp³-hybridized carbons (Fsp3) is 0.522. The van der Waals surface area contributed by atoms with E-state index >= 15 is 0 Å². The Labute approximate surface area is 195 Å². The largest absolute Gasteiger partial charge is 0.385 e. The number of carbonyl (C=O) groups excluding carboxylic acids is 1. The minimum absolute atomic E-state index is 0.0213. The Morgan fingerprint density at radius 3 is 2.62 bits per heavy atom. The van der Waals surface area contributed by atoms with Gasteiger partial charge >= 0.3 is 0 Å². The number of thioether (sulfide) groups is 1. The fourth-order valence-electron chi connectivity index (χ4n) is 3.25. The van der Waals surface area contributed by atoms with E-state index in [1.807, 2.05) is 44.3 Å². The van der Waals surface area contributed by atoms with Crippen LogP contribution < -0.4 is 21.3 Å². The molecular weight excluding hydrogens is 424 g/mol. The maximum Gasteiger partial charge on any atom is 0.277 e. The second-order valence-electron chi connectivity index (χ2n) is 7.88. The molecule has 1 aromatic carbocycles. The molecule has 0 aromatic heterocycles. The fourth-order valence-corrected chi connectivity index (χ4v) is 4.06. The van der Waals surface area contributed by atoms with E-state index in [-0.39, 0.29) is 11.9 Å². The Kier molecular flexibility index (Phi) is 10.7. The standard InChI is InChI=1S/C23H36N6O2S/c1-16(11-13-25-3)15-29(18-9-7-6-8-10-18)20(24)19-22(26-4)32-23(28-19)21(30)27-17(2)12-14-31-5/h6-10,16-17,25H,11-15,24H2,1-5H3,(H,27,30)/b20-19-,26-22+. The first-order chi connectivity index (χ1) is 15.4. The summed E-state index contributed by atoms with van der Waals surface area (Å²) >= 11 is 1.25. The minimum atomic E-state index is -0.226. The molecule has 1 aromatic rings. The van der Waals surface area contributed by atoms with Gasteiger partial charge < -0.3 is 26.0 Å². The molecule has 0 bridgehead atoms. The summed E-state index contributed by atoms with van der Waals surface area (Å²) in [4.78, 5) is 23.7. The van der Waals surface area contributed by atoms with Crippen LogP contribution in [0.5, 0.6) is 0 Å². The summed E-state index contributed by atoms with van der Waals surface area (Å²) in [5.74, 6) is 0.665. The van der Waals surface area contributed by atoms with Crippen LogP contribution in [0.1, 0.15) is 26.7 Å². The predicted molar refractivity (Wildman–Crippen MR) is 135 cm³/mol. The zero-order valence-electron chi connectivity index (χ0n) is 19.7. The summed E-state index contributed by atoms with van der Waals surface area (Å²) in [7, 11) is 5.29. The van der Waals surface area contributed by atoms with Crippen molar-refractivity contribution >= 4 is 33.4 Å². The van der Waals surface area contributed by atoms with Crippen LogP contribution in [0.3, 0.4) is 0 Å². The lowest BCUT2D eigenvalue weighted by Crippen LogP contribution is -2.36. The number of anilines is 1. The van der Waals surface area contributed by atoms with E-state index in [2.05, 4.69) is 32.4 Å². The van der Waals surface area contributed by atoms with Crippen LogP contribution in [0, 0.1) is 5.92 Å². The van der Waals surface area contributed by atoms with Crippen molar-refractivity contribution in [1.82, 2.24) is 10.6 Å². The SMILES string of the molecule is C/N=C1/SC(C(=O)NC(C)CCOC)=N/C1=C(/N)N(CC(C)CCNC)c1ccccc1. The van der Waals surface area contributed by atoms with E-state index in [9.17, 15) is 4.79 Å². The molecule has 0 saturated heterocycles. The molecule has 1 heterocycles. The van der Waals surface area contributed by atoms with Crippen molar-refractivity contribution in [2.75, 3.05) is 45.8 Å². The highest BCUT2D eigenvalue weighted by Gasteiger charge is 2.30. The van der Waals surface area contributed by atoms with E-state index in [0.29, 0.717) is 34.1 Å². The summed E-state index contributed by atoms with van der Waals surface area (Å²) in [6.07, 6.45) is 1.74. The lowest BCUT2D eigenvalue weighted by Gasteiger charge is -2.28. The van der Waals surface area contributed by atoms with Crippen LogP contribution in [-0.2, 0) is 9.53 Å². The number of amides is 1. The third-order valence-electron chi connectivity index (χ3n) is 5.12. The van der Waals surface area contributed by atoms with Gasteiger partial charge in [-0.1, -0.05) is 25.1 Å². The summed E-state index contributed by atoms with van der Waals surface area (Å²) < 4.78 is 5.09. The highest BCUT2D eigenvalue weighted by molar-refractivity contribution is 8.29. The highest BCUT2D eigenvalue weighted by Crippen LogP contribution is 2.30. The molecule has 9 heteroatoms. The monoisotopic (exact) mass is 460 g/mol. The van der Waals surface area contributed by atoms with Crippen molar-refractivity contribution in [3.05, 3.63) is 41.8 Å². The molecule has 32 heavy (non-hydrogen) atoms. The molecule has 2 rings (SSSR count). The van der Waals surface area contributed by atoms with E-state index in [1.54, 1.807) is 14.2 Å². The molecule has 0 radical (unpaired) electrons. The maximum absolute atomic E-state index is 12.7. The van der Waals surface area contributed by atoms with Crippen molar-refractivity contribution in [2.24, 2.45) is 21.6 Å². The smallest absolute Gasteiger partial charge is 0.277 e. The van der Waals surface area contributed by atoms with Crippen LogP contribution in [0.2, 0.25) is 0 Å². The summed E-state index contributed by atoms with van der Waals surface area (Å²) in [5, 5.41) is 7.16. The van der Waals surface area contributed by atoms with Gasteiger partial charge in [0.25, 0.3) is 5.91 Å². The van der Waals surface area contributed by atoms with Crippen LogP contribution in [0.25, 0.3) is 0 Å². The van der Waals surface area contributed by atoms with Gasteiger partial charge in [-0.15, -0.1) is 0 Å². The number of benzene rings is 1. The third-order valence-corrected chi connectivity index (χ3v) is 6.16. The average Bonchev–Trinajstić information content (AvgIpc) is 3.24. The van der Waals surface area contributed by atoms with Crippen LogP contribution in [0.15, 0.2) is 51.8 Å². The van der Waals surface area contributed by atoms with Crippen LogP contribution >= 0.6 is 11.8 Å². The average molecular weight is 461 g/mol. The van der Waals surface area contributed by atoms with E-state index in [1.165, 1.54) is 11.8 Å². The molecule has 0 fully saturated rings. The predicted octanol–water partition coefficient (Wildman–Crippen LogP) is 2.58. The first kappa shape index (κ1) is 25.9. The number of ether oxygens (including phenoxy) is 1. The lowest BCUT2D eigenvalue weighted by molar-refractivity contribution is -0.115. The van der Waals surface area contributed by atoms with Crippen molar-refractivity contribution < 1.29 is 9.53 Å². The molecule has 176 valence electrons. The Balaban J connectivity index is 2.32. The van der Waals surface area contributed by atoms with Gasteiger partial charge in [0.05, 0.1) is 0 Å². The molecule has 1 amide bonds. The normalized spacial score (nSPS) is 18.3. The molecule has 0 spiro atoms. The van der Waals surface area contributed by atoms with Gasteiger partial charge in [0.1, 0.15) is 16.6 Å². The number of hydrogen-bond acceptors (Lipinski definition) is 8. The molecule has 1 aliphatic rings. The van der Waals surface area contributed by atoms with Crippen LogP contribution in [-0.4, -0.2) is 62.9 Å². The maximum atomic E-state index is 12.7. The van der Waals surface area contributed by atoms with Gasteiger partial charge in [-0.25, -0.2) is 4.99 Å². The number of nitrogens with two attached hydrogens (primary N) is 1. The van der Waals surface area contributed by atoms with Crippen molar-refractivity contribution in [1.29, 1.82) is 0 Å². The van der Waals surface area contributed by atoms with Gasteiger partial charge in [-0.3, -0.25) is 9.79 Å². The first-order valence-corrected chi connectivity index (χ1v) is 11.7. The van der Waals surface area contributed by atoms with Crippen molar-refractivity contribution in [3.8, 4) is 0 Å². The molecule has 4 N–H and O–H groups in total. The van der Waals surface area contributed by atoms with Gasteiger partial charge in [-0.2, -0.15) is 0 Å². The molecule has 2 atom stereocenters. The van der Waals surface area contributed by atoms with E-state index < -0.39 is 0 Å². The topological polar surface area (TPSA) is 104 Å². The van der Waals surface area contributed by atoms with Gasteiger partial charge in [0.15, 0.2) is 5.04 Å². The zero-order chi connectivity index (χ0) is 23.5. The second kappa shape index (κ2) is 13.2. The second-order valence-corrected chi connectivity index (χ2v) is 8.86. The highest BCUT2D eigenvalue weighted by atomic mass is 32.2. The summed E-state index contributed by atoms with van der Waals surface area (Å²) in [6, 6.07) is 9.98. The molecule has 1 aliphatic heterocycles. The number of rotatable bonds is 12. The van der Waals surface area contributed by atoms with Gasteiger partial charge in [-0.05, 0) is 63.2 Å². The molecule has 8 nitrogen and oxygen atoms in total. The Bertz CT molecular complexity index is 840. The summed E-state index contributed by atoms with van der Waals surface area (Å²) in [5.41, 5.74) is 8.19. The molecule has 0 aliphatic carbocycles. The number of para-hydroxylation sites is 1. The quantitative estimate of drug-likeness (QED) is 0.443. The Morgan fingerprint density at radius 2 is 2.00 bits per heavy atom. The Hall–Kier alpha value is -2.36. The number of nitrogens with zero attached hydrogens (tertiary/aromatic N) is 3. The Morgan fingerprint density at radius 1 is 1.28 bits per heavy atom. The number of carbonyl (C=O) groups is 1. The third kappa shape index (κ3) is 7.36. The minimum Gasteiger partial charge on any atom is -0.385 e. The molecule has 2 unspecified atom stereocenters. The van der Waals surface area contributed by atoms with Crippen molar-refractivity contribution in [2.45, 2.75) is 32.7 Å². The number of aliphatic imine (C=N–C) groups is 2. The number of hydrogen-bond donors (Lipinski definition) is 3. The summed E-state index contributed by atoms with van der Waals surface area (Å²) in [6.45, 7) is 6.39. The first-order valence-electron chi connectivity index (χ1n) is 10.9. The molecular formula is C23H36N6O2S.